The van der Waals surface area contributed by atoms with E-state index >= 15 is 0 Å². The molecule has 1 fully saturated rings. The molecule has 0 radical (unpaired) electrons. The first kappa shape index (κ1) is 6.48. The summed E-state index contributed by atoms with van der Waals surface area (Å²) >= 11 is 3.15. The van der Waals surface area contributed by atoms with E-state index in [1.807, 2.05) is 6.92 Å². The lowest BCUT2D eigenvalue weighted by atomic mass is 11.0. The minimum atomic E-state index is 1.06. The third kappa shape index (κ3) is 24.8. The standard InChI is InChI=1S/C3H6.C2H5Br/c1-2-3-1;1-2-3/h1-3H2;2H2,1H3. The van der Waals surface area contributed by atoms with Gasteiger partial charge in [-0.1, -0.05) is 42.1 Å². The van der Waals surface area contributed by atoms with Crippen LogP contribution in [0, 0.1) is 0 Å². The lowest BCUT2D eigenvalue weighted by Crippen LogP contribution is -1.34. The third-order valence-corrected chi connectivity index (χ3v) is 0.354. The molecule has 0 aromatic heterocycles. The first-order chi connectivity index (χ1) is 2.91. The number of halogens is 1. The summed E-state index contributed by atoms with van der Waals surface area (Å²) in [5, 5.41) is 1.06. The molecule has 6 heavy (non-hydrogen) atoms. The first-order valence-corrected chi connectivity index (χ1v) is 3.60. The topological polar surface area (TPSA) is 0 Å². The molecule has 1 heteroatoms. The second-order valence-electron chi connectivity index (χ2n) is 1.33. The first-order valence-electron chi connectivity index (χ1n) is 2.47. The molecule has 0 amide bonds. The maximum Gasteiger partial charge on any atom is 0.000281 e. The fraction of sp³-hybridized carbons (Fsp3) is 1.00. The predicted molar refractivity (Wildman–Crippen MR) is 33.3 cm³/mol. The Kier molecular flexibility index (Phi) is 5.92. The molecule has 0 saturated heterocycles. The van der Waals surface area contributed by atoms with Gasteiger partial charge in [-0.2, -0.15) is 0 Å². The Balaban J connectivity index is 0.0000000833. The summed E-state index contributed by atoms with van der Waals surface area (Å²) in [6.45, 7) is 2.04. The fourth-order valence-corrected chi connectivity index (χ4v) is 0. The molecule has 0 aromatic carbocycles. The molecule has 1 rings (SSSR count). The van der Waals surface area contributed by atoms with Crippen LogP contribution in [0.5, 0.6) is 0 Å². The van der Waals surface area contributed by atoms with Gasteiger partial charge in [0.1, 0.15) is 0 Å². The number of alkyl halides is 1. The molecule has 38 valence electrons. The van der Waals surface area contributed by atoms with Crippen molar-refractivity contribution in [3.05, 3.63) is 0 Å². The van der Waals surface area contributed by atoms with Gasteiger partial charge in [-0.3, -0.25) is 0 Å². The van der Waals surface area contributed by atoms with Crippen LogP contribution < -0.4 is 0 Å². The van der Waals surface area contributed by atoms with Gasteiger partial charge >= 0.3 is 0 Å². The Hall–Kier alpha value is 0.480. The molecule has 0 N–H and O–H groups in total. The van der Waals surface area contributed by atoms with Crippen LogP contribution in [0.25, 0.3) is 0 Å². The molecule has 0 heterocycles. The van der Waals surface area contributed by atoms with E-state index in [1.165, 1.54) is 19.3 Å². The van der Waals surface area contributed by atoms with Gasteiger partial charge in [0.05, 0.1) is 0 Å². The second kappa shape index (κ2) is 5.48. The minimum absolute atomic E-state index is 1.06. The Morgan fingerprint density at radius 2 is 1.50 bits per heavy atom. The van der Waals surface area contributed by atoms with Crippen molar-refractivity contribution in [1.82, 2.24) is 0 Å². The van der Waals surface area contributed by atoms with Crippen molar-refractivity contribution in [2.45, 2.75) is 26.2 Å². The van der Waals surface area contributed by atoms with Crippen LogP contribution in [0.1, 0.15) is 26.2 Å². The zero-order valence-electron chi connectivity index (χ0n) is 4.21. The normalized spacial score (nSPS) is 15.0. The van der Waals surface area contributed by atoms with Crippen molar-refractivity contribution in [2.75, 3.05) is 5.33 Å². The Labute approximate surface area is 48.1 Å². The fourth-order valence-electron chi connectivity index (χ4n) is 0. The van der Waals surface area contributed by atoms with Gasteiger partial charge in [-0.25, -0.2) is 0 Å². The quantitative estimate of drug-likeness (QED) is 0.466. The van der Waals surface area contributed by atoms with Crippen LogP contribution in [-0.2, 0) is 0 Å². The highest BCUT2D eigenvalue weighted by Crippen LogP contribution is 2.14. The lowest BCUT2D eigenvalue weighted by Gasteiger charge is -1.45. The summed E-state index contributed by atoms with van der Waals surface area (Å²) in [6.07, 6.45) is 4.50. The molecule has 1 saturated carbocycles. The van der Waals surface area contributed by atoms with E-state index in [2.05, 4.69) is 15.9 Å². The van der Waals surface area contributed by atoms with Crippen molar-refractivity contribution >= 4 is 15.9 Å². The maximum absolute atomic E-state index is 3.15. The van der Waals surface area contributed by atoms with Gasteiger partial charge in [-0.15, -0.1) is 0 Å². The van der Waals surface area contributed by atoms with Crippen molar-refractivity contribution in [3.8, 4) is 0 Å². The highest BCUT2D eigenvalue weighted by Gasteiger charge is 1.95. The zero-order chi connectivity index (χ0) is 4.83. The molecule has 0 nitrogen and oxygen atoms in total. The van der Waals surface area contributed by atoms with Crippen LogP contribution >= 0.6 is 15.9 Å². The van der Waals surface area contributed by atoms with Crippen LogP contribution in [0.4, 0.5) is 0 Å². The van der Waals surface area contributed by atoms with Crippen molar-refractivity contribution in [2.24, 2.45) is 0 Å². The van der Waals surface area contributed by atoms with Gasteiger partial charge in [-0.05, 0) is 0 Å². The summed E-state index contributed by atoms with van der Waals surface area (Å²) in [5.41, 5.74) is 0. The average molecular weight is 151 g/mol. The van der Waals surface area contributed by atoms with E-state index in [4.69, 9.17) is 0 Å². The minimum Gasteiger partial charge on any atom is -0.0931 e. The summed E-state index contributed by atoms with van der Waals surface area (Å²) in [6, 6.07) is 0. The predicted octanol–water partition coefficient (Wildman–Crippen LogP) is 2.57. The molecule has 0 spiro atoms. The van der Waals surface area contributed by atoms with Crippen LogP contribution in [-0.4, -0.2) is 5.33 Å². The molecule has 1 aliphatic rings. The van der Waals surface area contributed by atoms with E-state index in [-0.39, 0.29) is 0 Å². The second-order valence-corrected chi connectivity index (χ2v) is 2.45. The smallest absolute Gasteiger partial charge is 0.000281 e. The number of hydrogen-bond donors (Lipinski definition) is 0. The Morgan fingerprint density at radius 1 is 1.33 bits per heavy atom. The molecular formula is C5H11Br. The average Bonchev–Trinajstić information content (AvgIpc) is 2.11. The molecule has 0 aliphatic heterocycles. The summed E-state index contributed by atoms with van der Waals surface area (Å²) in [4.78, 5) is 0. The molecule has 0 atom stereocenters. The molecule has 0 bridgehead atoms. The summed E-state index contributed by atoms with van der Waals surface area (Å²) < 4.78 is 0. The SMILES string of the molecule is C1CC1.CCBr. The zero-order valence-corrected chi connectivity index (χ0v) is 5.79. The van der Waals surface area contributed by atoms with Gasteiger partial charge < -0.3 is 0 Å². The highest BCUT2D eigenvalue weighted by atomic mass is 79.9. The number of hydrogen-bond acceptors (Lipinski definition) is 0. The number of rotatable bonds is 0. The lowest BCUT2D eigenvalue weighted by molar-refractivity contribution is 1.50. The third-order valence-electron chi connectivity index (χ3n) is 0.354. The summed E-state index contributed by atoms with van der Waals surface area (Å²) in [5.74, 6) is 0. The van der Waals surface area contributed by atoms with E-state index in [0.717, 1.165) is 5.33 Å². The van der Waals surface area contributed by atoms with Crippen LogP contribution in [0.2, 0.25) is 0 Å². The molecule has 0 unspecified atom stereocenters. The van der Waals surface area contributed by atoms with Crippen molar-refractivity contribution < 1.29 is 0 Å². The van der Waals surface area contributed by atoms with E-state index in [9.17, 15) is 0 Å². The summed E-state index contributed by atoms with van der Waals surface area (Å²) in [7, 11) is 0. The van der Waals surface area contributed by atoms with Crippen LogP contribution in [0.15, 0.2) is 0 Å². The Morgan fingerprint density at radius 3 is 1.50 bits per heavy atom. The van der Waals surface area contributed by atoms with Gasteiger partial charge in [0.2, 0.25) is 0 Å². The van der Waals surface area contributed by atoms with E-state index in [0.29, 0.717) is 0 Å². The monoisotopic (exact) mass is 150 g/mol. The van der Waals surface area contributed by atoms with Crippen molar-refractivity contribution in [1.29, 1.82) is 0 Å². The maximum atomic E-state index is 3.15. The van der Waals surface area contributed by atoms with Gasteiger partial charge in [0, 0.05) is 5.33 Å². The Bertz CT molecular complexity index is 15.1. The van der Waals surface area contributed by atoms with Crippen LogP contribution in [0.3, 0.4) is 0 Å². The largest absolute Gasteiger partial charge is 0.0931 e. The molecule has 1 aliphatic carbocycles. The molecular weight excluding hydrogens is 140 g/mol. The van der Waals surface area contributed by atoms with E-state index in [1.54, 1.807) is 0 Å². The van der Waals surface area contributed by atoms with Gasteiger partial charge in [0.15, 0.2) is 0 Å². The highest BCUT2D eigenvalue weighted by molar-refractivity contribution is 9.09. The molecule has 0 aromatic rings. The van der Waals surface area contributed by atoms with Crippen molar-refractivity contribution in [3.63, 3.8) is 0 Å². The van der Waals surface area contributed by atoms with Gasteiger partial charge in [0.25, 0.3) is 0 Å². The van der Waals surface area contributed by atoms with E-state index < -0.39 is 0 Å².